The fraction of sp³-hybridized carbons (Fsp3) is 0.350. The van der Waals surface area contributed by atoms with E-state index in [0.29, 0.717) is 25.2 Å². The molecule has 26 heavy (non-hydrogen) atoms. The minimum absolute atomic E-state index is 0.00198. The monoisotopic (exact) mass is 351 g/mol. The maximum atomic E-state index is 12.7. The van der Waals surface area contributed by atoms with Crippen molar-refractivity contribution in [2.45, 2.75) is 18.6 Å². The van der Waals surface area contributed by atoms with Gasteiger partial charge < -0.3 is 14.5 Å². The number of benzene rings is 1. The summed E-state index contributed by atoms with van der Waals surface area (Å²) in [4.78, 5) is 32.7. The molecule has 4 rings (SSSR count). The predicted octanol–water partition coefficient (Wildman–Crippen LogP) is 1.38. The maximum Gasteiger partial charge on any atom is 0.255 e. The summed E-state index contributed by atoms with van der Waals surface area (Å²) < 4.78 is 5.71. The smallest absolute Gasteiger partial charge is 0.255 e. The number of hydrogen-bond donors (Lipinski definition) is 0. The summed E-state index contributed by atoms with van der Waals surface area (Å²) in [7, 11) is 0. The molecule has 2 atom stereocenters. The van der Waals surface area contributed by atoms with Crippen molar-refractivity contribution in [3.8, 4) is 0 Å². The highest BCUT2D eigenvalue weighted by molar-refractivity contribution is 5.94. The van der Waals surface area contributed by atoms with E-state index in [1.54, 1.807) is 29.4 Å². The molecule has 0 unspecified atom stereocenters. The summed E-state index contributed by atoms with van der Waals surface area (Å²) in [6, 6.07) is 13.6. The molecule has 6 nitrogen and oxygen atoms in total. The molecule has 2 aromatic rings. The molecule has 2 aliphatic rings. The molecule has 1 aromatic carbocycles. The average molecular weight is 351 g/mol. The van der Waals surface area contributed by atoms with Crippen LogP contribution in [0.2, 0.25) is 0 Å². The summed E-state index contributed by atoms with van der Waals surface area (Å²) in [5.41, 5.74) is 1.76. The third-order valence-electron chi connectivity index (χ3n) is 5.06. The van der Waals surface area contributed by atoms with Gasteiger partial charge >= 0.3 is 0 Å². The fourth-order valence-electron chi connectivity index (χ4n) is 3.69. The predicted molar refractivity (Wildman–Crippen MR) is 95.5 cm³/mol. The standard InChI is InChI=1S/C20H21N3O3/c24-19-14-26-18-13-22(20(25)16-7-4-9-21-11-16)12-17(18)23(19)10-8-15-5-2-1-3-6-15/h1-7,9,11,17-18H,8,10,12-14H2/t17-,18-/m0/s1. The first-order chi connectivity index (χ1) is 12.7. The van der Waals surface area contributed by atoms with E-state index in [1.165, 1.54) is 5.56 Å². The van der Waals surface area contributed by atoms with E-state index in [4.69, 9.17) is 4.74 Å². The Labute approximate surface area is 152 Å². The summed E-state index contributed by atoms with van der Waals surface area (Å²) in [5, 5.41) is 0. The zero-order chi connectivity index (χ0) is 17.9. The molecule has 0 bridgehead atoms. The number of morpholine rings is 1. The molecule has 0 saturated carbocycles. The van der Waals surface area contributed by atoms with Gasteiger partial charge in [0, 0.05) is 32.0 Å². The molecule has 2 aliphatic heterocycles. The van der Waals surface area contributed by atoms with Crippen LogP contribution in [0.5, 0.6) is 0 Å². The molecule has 134 valence electrons. The molecule has 0 radical (unpaired) electrons. The van der Waals surface area contributed by atoms with E-state index < -0.39 is 0 Å². The Balaban J connectivity index is 1.45. The number of hydrogen-bond acceptors (Lipinski definition) is 4. The minimum atomic E-state index is -0.121. The minimum Gasteiger partial charge on any atom is -0.364 e. The van der Waals surface area contributed by atoms with Gasteiger partial charge in [0.1, 0.15) is 6.61 Å². The van der Waals surface area contributed by atoms with Gasteiger partial charge in [0.25, 0.3) is 5.91 Å². The Morgan fingerprint density at radius 2 is 2.00 bits per heavy atom. The average Bonchev–Trinajstić information content (AvgIpc) is 3.12. The second-order valence-electron chi connectivity index (χ2n) is 6.69. The number of pyridine rings is 1. The molecule has 1 aromatic heterocycles. The van der Waals surface area contributed by atoms with E-state index in [0.717, 1.165) is 6.42 Å². The van der Waals surface area contributed by atoms with Crippen molar-refractivity contribution in [3.05, 3.63) is 66.0 Å². The van der Waals surface area contributed by atoms with Crippen LogP contribution >= 0.6 is 0 Å². The quantitative estimate of drug-likeness (QED) is 0.835. The molecule has 2 saturated heterocycles. The van der Waals surface area contributed by atoms with Gasteiger partial charge in [-0.05, 0) is 24.1 Å². The highest BCUT2D eigenvalue weighted by atomic mass is 16.5. The second kappa shape index (κ2) is 7.25. The molecule has 0 aliphatic carbocycles. The lowest BCUT2D eigenvalue weighted by molar-refractivity contribution is -0.152. The van der Waals surface area contributed by atoms with E-state index >= 15 is 0 Å². The summed E-state index contributed by atoms with van der Waals surface area (Å²) in [6.45, 7) is 1.74. The molecule has 0 spiro atoms. The van der Waals surface area contributed by atoms with Crippen molar-refractivity contribution in [3.63, 3.8) is 0 Å². The highest BCUT2D eigenvalue weighted by Gasteiger charge is 2.44. The van der Waals surface area contributed by atoms with E-state index in [-0.39, 0.29) is 30.6 Å². The lowest BCUT2D eigenvalue weighted by Gasteiger charge is -2.36. The Bertz CT molecular complexity index is 781. The molecular formula is C20H21N3O3. The van der Waals surface area contributed by atoms with Gasteiger partial charge in [-0.25, -0.2) is 0 Å². The van der Waals surface area contributed by atoms with Gasteiger partial charge in [0.05, 0.1) is 17.7 Å². The molecule has 0 N–H and O–H groups in total. The first-order valence-electron chi connectivity index (χ1n) is 8.86. The second-order valence-corrected chi connectivity index (χ2v) is 6.69. The van der Waals surface area contributed by atoms with Crippen LogP contribution in [-0.2, 0) is 16.0 Å². The largest absolute Gasteiger partial charge is 0.364 e. The maximum absolute atomic E-state index is 12.7. The Morgan fingerprint density at radius 1 is 1.15 bits per heavy atom. The number of fused-ring (bicyclic) bond motifs is 1. The first-order valence-corrected chi connectivity index (χ1v) is 8.86. The molecule has 3 heterocycles. The van der Waals surface area contributed by atoms with Gasteiger partial charge in [0.15, 0.2) is 0 Å². The van der Waals surface area contributed by atoms with Gasteiger partial charge in [-0.15, -0.1) is 0 Å². The van der Waals surface area contributed by atoms with Crippen LogP contribution in [-0.4, -0.2) is 65.0 Å². The van der Waals surface area contributed by atoms with Crippen LogP contribution in [0.25, 0.3) is 0 Å². The van der Waals surface area contributed by atoms with E-state index in [2.05, 4.69) is 17.1 Å². The van der Waals surface area contributed by atoms with E-state index in [9.17, 15) is 9.59 Å². The number of ether oxygens (including phenoxy) is 1. The molecule has 6 heteroatoms. The summed E-state index contributed by atoms with van der Waals surface area (Å²) in [5.74, 6) is -0.0654. The molecule has 2 amide bonds. The third kappa shape index (κ3) is 3.32. The number of carbonyl (C=O) groups excluding carboxylic acids is 2. The van der Waals surface area contributed by atoms with Crippen LogP contribution in [0.4, 0.5) is 0 Å². The van der Waals surface area contributed by atoms with Crippen LogP contribution in [0.3, 0.4) is 0 Å². The van der Waals surface area contributed by atoms with Crippen molar-refractivity contribution < 1.29 is 14.3 Å². The van der Waals surface area contributed by atoms with Crippen LogP contribution in [0.1, 0.15) is 15.9 Å². The Morgan fingerprint density at radius 3 is 2.77 bits per heavy atom. The Hall–Kier alpha value is -2.73. The topological polar surface area (TPSA) is 62.7 Å². The summed E-state index contributed by atoms with van der Waals surface area (Å²) >= 11 is 0. The van der Waals surface area contributed by atoms with Crippen molar-refractivity contribution in [1.82, 2.24) is 14.8 Å². The van der Waals surface area contributed by atoms with Crippen LogP contribution in [0, 0.1) is 0 Å². The molecular weight excluding hydrogens is 330 g/mol. The van der Waals surface area contributed by atoms with Gasteiger partial charge in [0.2, 0.25) is 5.91 Å². The third-order valence-corrected chi connectivity index (χ3v) is 5.06. The Kier molecular flexibility index (Phi) is 4.67. The number of rotatable bonds is 4. The molecule has 2 fully saturated rings. The van der Waals surface area contributed by atoms with Crippen molar-refractivity contribution in [2.75, 3.05) is 26.2 Å². The zero-order valence-electron chi connectivity index (χ0n) is 14.5. The van der Waals surface area contributed by atoms with Crippen molar-refractivity contribution >= 4 is 11.8 Å². The van der Waals surface area contributed by atoms with E-state index in [1.807, 2.05) is 23.1 Å². The number of nitrogens with zero attached hydrogens (tertiary/aromatic N) is 3. The zero-order valence-corrected chi connectivity index (χ0v) is 14.5. The SMILES string of the molecule is O=C(c1cccnc1)N1C[C@@H]2OCC(=O)N(CCc3ccccc3)[C@H]2C1. The van der Waals surface area contributed by atoms with Gasteiger partial charge in [-0.2, -0.15) is 0 Å². The van der Waals surface area contributed by atoms with Crippen LogP contribution < -0.4 is 0 Å². The van der Waals surface area contributed by atoms with Crippen molar-refractivity contribution in [1.29, 1.82) is 0 Å². The first kappa shape index (κ1) is 16.7. The lowest BCUT2D eigenvalue weighted by atomic mass is 10.1. The highest BCUT2D eigenvalue weighted by Crippen LogP contribution is 2.25. The van der Waals surface area contributed by atoms with Gasteiger partial charge in [-0.1, -0.05) is 30.3 Å². The lowest BCUT2D eigenvalue weighted by Crippen LogP contribution is -2.54. The number of aromatic nitrogens is 1. The normalized spacial score (nSPS) is 22.4. The number of carbonyl (C=O) groups is 2. The fourth-order valence-corrected chi connectivity index (χ4v) is 3.69. The van der Waals surface area contributed by atoms with Crippen molar-refractivity contribution in [2.24, 2.45) is 0 Å². The number of amides is 2. The van der Waals surface area contributed by atoms with Crippen LogP contribution in [0.15, 0.2) is 54.9 Å². The van der Waals surface area contributed by atoms with Gasteiger partial charge in [-0.3, -0.25) is 14.6 Å². The number of likely N-dealkylation sites (tertiary alicyclic amines) is 1. The summed E-state index contributed by atoms with van der Waals surface area (Å²) in [6.07, 6.45) is 3.90.